The maximum absolute atomic E-state index is 12.4. The van der Waals surface area contributed by atoms with E-state index in [-0.39, 0.29) is 17.0 Å². The lowest BCUT2D eigenvalue weighted by Crippen LogP contribution is -2.40. The summed E-state index contributed by atoms with van der Waals surface area (Å²) in [4.78, 5) is 37.2. The van der Waals surface area contributed by atoms with Gasteiger partial charge in [0, 0.05) is 27.1 Å². The second-order valence-corrected chi connectivity index (χ2v) is 5.19. The topological polar surface area (TPSA) is 76.3 Å². The van der Waals surface area contributed by atoms with Gasteiger partial charge < -0.3 is 15.0 Å². The zero-order chi connectivity index (χ0) is 14.9. The fourth-order valence-electron chi connectivity index (χ4n) is 2.41. The lowest BCUT2D eigenvalue weighted by molar-refractivity contribution is -0.117. The number of aromatic nitrogens is 2. The van der Waals surface area contributed by atoms with Gasteiger partial charge in [0.2, 0.25) is 0 Å². The standard InChI is InChI=1S/C13H20N4O3/c1-9(18)6-4-5-7-17-12(19)10-11(14-8-15(10)2)16(3)13(17)20/h14H,4-8H2,1-3H3. The van der Waals surface area contributed by atoms with Gasteiger partial charge in [-0.05, 0) is 19.8 Å². The van der Waals surface area contributed by atoms with Gasteiger partial charge in [-0.3, -0.25) is 13.9 Å². The minimum Gasteiger partial charge on any atom is -0.352 e. The number of rotatable bonds is 5. The number of hydrogen-bond acceptors (Lipinski definition) is 5. The highest BCUT2D eigenvalue weighted by Crippen LogP contribution is 2.23. The van der Waals surface area contributed by atoms with E-state index in [0.717, 1.165) is 0 Å². The molecule has 1 aromatic rings. The number of hydrogen-bond donors (Lipinski definition) is 1. The van der Waals surface area contributed by atoms with Gasteiger partial charge in [0.25, 0.3) is 5.56 Å². The van der Waals surface area contributed by atoms with Crippen molar-refractivity contribution in [3.8, 4) is 0 Å². The Hall–Kier alpha value is -2.05. The van der Waals surface area contributed by atoms with Gasteiger partial charge in [-0.2, -0.15) is 0 Å². The molecule has 0 unspecified atom stereocenters. The number of carbonyl (C=O) groups excluding carboxylic acids is 1. The molecular formula is C13H20N4O3. The average molecular weight is 280 g/mol. The third-order valence-corrected chi connectivity index (χ3v) is 3.55. The maximum atomic E-state index is 12.4. The van der Waals surface area contributed by atoms with Crippen LogP contribution in [0, 0.1) is 0 Å². The van der Waals surface area contributed by atoms with Crippen LogP contribution in [0.2, 0.25) is 0 Å². The summed E-state index contributed by atoms with van der Waals surface area (Å²) >= 11 is 0. The number of nitrogens with one attached hydrogen (secondary N) is 1. The number of carbonyl (C=O) groups is 1. The summed E-state index contributed by atoms with van der Waals surface area (Å²) < 4.78 is 2.72. The lowest BCUT2D eigenvalue weighted by Gasteiger charge is -2.13. The molecule has 0 amide bonds. The fraction of sp³-hybridized carbons (Fsp3) is 0.615. The van der Waals surface area contributed by atoms with E-state index in [1.54, 1.807) is 18.9 Å². The van der Waals surface area contributed by atoms with E-state index in [2.05, 4.69) is 5.32 Å². The van der Waals surface area contributed by atoms with E-state index < -0.39 is 0 Å². The van der Waals surface area contributed by atoms with Gasteiger partial charge >= 0.3 is 5.69 Å². The van der Waals surface area contributed by atoms with E-state index in [9.17, 15) is 14.4 Å². The van der Waals surface area contributed by atoms with Crippen molar-refractivity contribution in [3.05, 3.63) is 20.8 Å². The molecule has 1 aliphatic heterocycles. The Morgan fingerprint density at radius 1 is 1.25 bits per heavy atom. The number of nitrogens with zero attached hydrogens (tertiary/aromatic N) is 3. The van der Waals surface area contributed by atoms with Gasteiger partial charge in [0.05, 0.1) is 6.67 Å². The smallest absolute Gasteiger partial charge is 0.332 e. The monoisotopic (exact) mass is 280 g/mol. The highest BCUT2D eigenvalue weighted by molar-refractivity contribution is 5.75. The molecule has 7 heteroatoms. The number of anilines is 2. The molecule has 0 radical (unpaired) electrons. The van der Waals surface area contributed by atoms with Crippen LogP contribution in [-0.4, -0.2) is 28.6 Å². The van der Waals surface area contributed by atoms with Crippen molar-refractivity contribution in [1.82, 2.24) is 9.13 Å². The molecule has 0 saturated heterocycles. The molecule has 0 saturated carbocycles. The Morgan fingerprint density at radius 2 is 1.95 bits per heavy atom. The second-order valence-electron chi connectivity index (χ2n) is 5.19. The van der Waals surface area contributed by atoms with Crippen LogP contribution < -0.4 is 21.5 Å². The molecule has 1 aliphatic rings. The zero-order valence-electron chi connectivity index (χ0n) is 12.1. The first kappa shape index (κ1) is 14.4. The molecule has 2 rings (SSSR count). The maximum Gasteiger partial charge on any atom is 0.332 e. The van der Waals surface area contributed by atoms with E-state index in [0.29, 0.717) is 44.0 Å². The molecule has 0 spiro atoms. The summed E-state index contributed by atoms with van der Waals surface area (Å²) in [6.45, 7) is 2.41. The third-order valence-electron chi connectivity index (χ3n) is 3.55. The van der Waals surface area contributed by atoms with Crippen LogP contribution in [-0.2, 0) is 18.4 Å². The molecule has 0 fully saturated rings. The van der Waals surface area contributed by atoms with Crippen molar-refractivity contribution in [3.63, 3.8) is 0 Å². The Kier molecular flexibility index (Phi) is 3.96. The van der Waals surface area contributed by atoms with Gasteiger partial charge in [0.1, 0.15) is 17.3 Å². The molecule has 0 atom stereocenters. The second kappa shape index (κ2) is 5.52. The summed E-state index contributed by atoms with van der Waals surface area (Å²) in [7, 11) is 3.46. The zero-order valence-corrected chi connectivity index (χ0v) is 12.1. The highest BCUT2D eigenvalue weighted by atomic mass is 16.2. The highest BCUT2D eigenvalue weighted by Gasteiger charge is 2.24. The summed E-state index contributed by atoms with van der Waals surface area (Å²) in [6.07, 6.45) is 1.82. The van der Waals surface area contributed by atoms with Gasteiger partial charge in [-0.25, -0.2) is 4.79 Å². The van der Waals surface area contributed by atoms with Crippen LogP contribution in [0.3, 0.4) is 0 Å². The van der Waals surface area contributed by atoms with Gasteiger partial charge in [-0.15, -0.1) is 0 Å². The average Bonchev–Trinajstić information content (AvgIpc) is 2.77. The first-order valence-electron chi connectivity index (χ1n) is 6.71. The normalized spacial score (nSPS) is 13.2. The number of ketones is 1. The SMILES string of the molecule is CC(=O)CCCCn1c(=O)c2c(n(C)c1=O)NCN2C. The lowest BCUT2D eigenvalue weighted by atomic mass is 10.2. The van der Waals surface area contributed by atoms with E-state index in [4.69, 9.17) is 0 Å². The van der Waals surface area contributed by atoms with Crippen LogP contribution in [0.15, 0.2) is 9.59 Å². The fourth-order valence-corrected chi connectivity index (χ4v) is 2.41. The van der Waals surface area contributed by atoms with E-state index >= 15 is 0 Å². The van der Waals surface area contributed by atoms with Crippen LogP contribution in [0.5, 0.6) is 0 Å². The Balaban J connectivity index is 2.28. The quantitative estimate of drug-likeness (QED) is 0.776. The van der Waals surface area contributed by atoms with Crippen molar-refractivity contribution < 1.29 is 4.79 Å². The molecule has 110 valence electrons. The predicted octanol–water partition coefficient (Wildman–Crippen LogP) is 0.126. The molecule has 7 nitrogen and oxygen atoms in total. The van der Waals surface area contributed by atoms with Gasteiger partial charge in [-0.1, -0.05) is 0 Å². The summed E-state index contributed by atoms with van der Waals surface area (Å²) in [5.74, 6) is 0.700. The molecule has 2 heterocycles. The summed E-state index contributed by atoms with van der Waals surface area (Å²) in [5.41, 5.74) is -0.0588. The van der Waals surface area contributed by atoms with Crippen LogP contribution in [0.1, 0.15) is 26.2 Å². The molecule has 0 aromatic carbocycles. The van der Waals surface area contributed by atoms with E-state index in [1.165, 1.54) is 9.13 Å². The van der Waals surface area contributed by atoms with Gasteiger partial charge in [0.15, 0.2) is 0 Å². The van der Waals surface area contributed by atoms with Crippen molar-refractivity contribution in [2.45, 2.75) is 32.7 Å². The third kappa shape index (κ3) is 2.48. The molecule has 1 N–H and O–H groups in total. The summed E-state index contributed by atoms with van der Waals surface area (Å²) in [5, 5.41) is 3.04. The van der Waals surface area contributed by atoms with E-state index in [1.807, 2.05) is 7.05 Å². The van der Waals surface area contributed by atoms with Crippen molar-refractivity contribution >= 4 is 17.3 Å². The van der Waals surface area contributed by atoms with Crippen molar-refractivity contribution in [1.29, 1.82) is 0 Å². The molecule has 1 aromatic heterocycles. The Bertz CT molecular complexity index is 644. The van der Waals surface area contributed by atoms with Crippen molar-refractivity contribution in [2.75, 3.05) is 23.9 Å². The molecular weight excluding hydrogens is 260 g/mol. The minimum absolute atomic E-state index is 0.128. The first-order chi connectivity index (χ1) is 9.43. The predicted molar refractivity (Wildman–Crippen MR) is 77.4 cm³/mol. The summed E-state index contributed by atoms with van der Waals surface area (Å²) in [6, 6.07) is 0. The number of fused-ring (bicyclic) bond motifs is 1. The molecule has 20 heavy (non-hydrogen) atoms. The largest absolute Gasteiger partial charge is 0.352 e. The van der Waals surface area contributed by atoms with Crippen LogP contribution in [0.25, 0.3) is 0 Å². The van der Waals surface area contributed by atoms with Crippen molar-refractivity contribution in [2.24, 2.45) is 7.05 Å². The molecule has 0 bridgehead atoms. The van der Waals surface area contributed by atoms with Crippen LogP contribution >= 0.6 is 0 Å². The molecule has 0 aliphatic carbocycles. The Morgan fingerprint density at radius 3 is 2.60 bits per heavy atom. The Labute approximate surface area is 116 Å². The number of Topliss-reactive ketones (excluding diaryl/α,β-unsaturated/α-hetero) is 1. The van der Waals surface area contributed by atoms with Crippen LogP contribution in [0.4, 0.5) is 11.5 Å². The minimum atomic E-state index is -0.320. The first-order valence-corrected chi connectivity index (χ1v) is 6.71. The number of unbranched alkanes of at least 4 members (excludes halogenated alkanes) is 1.